The van der Waals surface area contributed by atoms with Crippen molar-refractivity contribution in [1.29, 1.82) is 0 Å². The van der Waals surface area contributed by atoms with Gasteiger partial charge in [-0.05, 0) is 50.1 Å². The molecule has 5 nitrogen and oxygen atoms in total. The molecule has 1 atom stereocenters. The van der Waals surface area contributed by atoms with Gasteiger partial charge in [-0.3, -0.25) is 4.90 Å². The predicted octanol–water partition coefficient (Wildman–Crippen LogP) is 5.00. The molecule has 3 heterocycles. The molecule has 2 aromatic heterocycles. The Morgan fingerprint density at radius 2 is 1.77 bits per heavy atom. The van der Waals surface area contributed by atoms with E-state index < -0.39 is 0 Å². The van der Waals surface area contributed by atoms with Gasteiger partial charge in [-0.1, -0.05) is 48.5 Å². The fourth-order valence-corrected chi connectivity index (χ4v) is 4.45. The first kappa shape index (κ1) is 19.8. The van der Waals surface area contributed by atoms with Crippen LogP contribution >= 0.6 is 0 Å². The molecule has 1 fully saturated rings. The molecule has 4 aromatic rings. The minimum absolute atomic E-state index is 0.445. The molecule has 0 spiro atoms. The Balaban J connectivity index is 1.35. The van der Waals surface area contributed by atoms with E-state index in [2.05, 4.69) is 46.4 Å². The van der Waals surface area contributed by atoms with E-state index in [1.165, 1.54) is 18.4 Å². The number of hydrogen-bond donors (Lipinski definition) is 0. The molecule has 0 saturated carbocycles. The van der Waals surface area contributed by atoms with Crippen molar-refractivity contribution in [3.63, 3.8) is 0 Å². The zero-order chi connectivity index (χ0) is 21.0. The Morgan fingerprint density at radius 1 is 1.00 bits per heavy atom. The zero-order valence-electron chi connectivity index (χ0n) is 17.9. The Bertz CT molecular complexity index is 1140. The number of benzene rings is 2. The molecule has 0 N–H and O–H groups in total. The second-order valence-electron chi connectivity index (χ2n) is 8.35. The molecule has 158 valence electrons. The number of para-hydroxylation sites is 1. The fourth-order valence-electron chi connectivity index (χ4n) is 4.45. The van der Waals surface area contributed by atoms with Crippen molar-refractivity contribution in [2.45, 2.75) is 38.8 Å². The van der Waals surface area contributed by atoms with Crippen LogP contribution in [-0.4, -0.2) is 32.6 Å². The van der Waals surface area contributed by atoms with Gasteiger partial charge in [-0.15, -0.1) is 0 Å². The van der Waals surface area contributed by atoms with Gasteiger partial charge < -0.3 is 4.74 Å². The van der Waals surface area contributed by atoms with Gasteiger partial charge in [0.1, 0.15) is 12.4 Å². The van der Waals surface area contributed by atoms with Crippen LogP contribution in [0.2, 0.25) is 0 Å². The smallest absolute Gasteiger partial charge is 0.162 e. The van der Waals surface area contributed by atoms with Crippen LogP contribution in [0.5, 0.6) is 5.75 Å². The van der Waals surface area contributed by atoms with Gasteiger partial charge in [0.15, 0.2) is 5.65 Å². The summed E-state index contributed by atoms with van der Waals surface area (Å²) in [4.78, 5) is 7.62. The molecule has 0 aliphatic carbocycles. The number of likely N-dealkylation sites (tertiary alicyclic amines) is 1. The highest BCUT2D eigenvalue weighted by Crippen LogP contribution is 2.28. The Morgan fingerprint density at radius 3 is 2.58 bits per heavy atom. The molecule has 1 saturated heterocycles. The van der Waals surface area contributed by atoms with Crippen molar-refractivity contribution < 1.29 is 4.74 Å². The van der Waals surface area contributed by atoms with Gasteiger partial charge in [-0.25, -0.2) is 9.50 Å². The van der Waals surface area contributed by atoms with E-state index in [4.69, 9.17) is 9.72 Å². The number of rotatable bonds is 6. The SMILES string of the molecule is Cc1nn2ccc(C3CCCN(Cc4ccccc4)C3)nc2c1COc1ccccc1. The van der Waals surface area contributed by atoms with Crippen molar-refractivity contribution in [3.05, 3.63) is 95.4 Å². The first-order chi connectivity index (χ1) is 15.3. The summed E-state index contributed by atoms with van der Waals surface area (Å²) in [6.07, 6.45) is 4.43. The Kier molecular flexibility index (Phi) is 5.67. The van der Waals surface area contributed by atoms with Crippen LogP contribution in [0.25, 0.3) is 5.65 Å². The number of nitrogens with zero attached hydrogens (tertiary/aromatic N) is 4. The molecular weight excluding hydrogens is 384 g/mol. The van der Waals surface area contributed by atoms with E-state index in [-0.39, 0.29) is 0 Å². The van der Waals surface area contributed by atoms with Gasteiger partial charge in [0.05, 0.1) is 11.3 Å². The minimum atomic E-state index is 0.445. The lowest BCUT2D eigenvalue weighted by atomic mass is 9.94. The third kappa shape index (κ3) is 4.47. The molecule has 5 heteroatoms. The average molecular weight is 413 g/mol. The van der Waals surface area contributed by atoms with Crippen LogP contribution in [0.3, 0.4) is 0 Å². The maximum absolute atomic E-state index is 6.01. The first-order valence-electron chi connectivity index (χ1n) is 11.0. The number of piperidine rings is 1. The predicted molar refractivity (Wildman–Crippen MR) is 122 cm³/mol. The third-order valence-corrected chi connectivity index (χ3v) is 6.10. The lowest BCUT2D eigenvalue weighted by Gasteiger charge is -2.32. The van der Waals surface area contributed by atoms with Crippen LogP contribution in [0.15, 0.2) is 72.9 Å². The zero-order valence-corrected chi connectivity index (χ0v) is 17.9. The average Bonchev–Trinajstić information content (AvgIpc) is 3.13. The van der Waals surface area contributed by atoms with Gasteiger partial charge in [0.2, 0.25) is 0 Å². The van der Waals surface area contributed by atoms with Crippen molar-refractivity contribution in [2.24, 2.45) is 0 Å². The van der Waals surface area contributed by atoms with E-state index in [0.29, 0.717) is 12.5 Å². The van der Waals surface area contributed by atoms with Crippen LogP contribution in [0, 0.1) is 6.92 Å². The van der Waals surface area contributed by atoms with Gasteiger partial charge in [0, 0.05) is 30.9 Å². The monoisotopic (exact) mass is 412 g/mol. The molecule has 2 aromatic carbocycles. The van der Waals surface area contributed by atoms with E-state index in [1.54, 1.807) is 0 Å². The Labute approximate surface area is 183 Å². The van der Waals surface area contributed by atoms with Crippen molar-refractivity contribution in [3.8, 4) is 5.75 Å². The lowest BCUT2D eigenvalue weighted by molar-refractivity contribution is 0.198. The lowest BCUT2D eigenvalue weighted by Crippen LogP contribution is -2.34. The number of fused-ring (bicyclic) bond motifs is 1. The number of hydrogen-bond acceptors (Lipinski definition) is 4. The maximum atomic E-state index is 6.01. The third-order valence-electron chi connectivity index (χ3n) is 6.10. The largest absolute Gasteiger partial charge is 0.489 e. The fraction of sp³-hybridized carbons (Fsp3) is 0.308. The van der Waals surface area contributed by atoms with E-state index in [1.807, 2.05) is 48.0 Å². The molecule has 1 aliphatic rings. The molecule has 1 unspecified atom stereocenters. The van der Waals surface area contributed by atoms with Crippen LogP contribution in [-0.2, 0) is 13.2 Å². The summed E-state index contributed by atoms with van der Waals surface area (Å²) >= 11 is 0. The Hall–Kier alpha value is -3.18. The molecule has 0 radical (unpaired) electrons. The molecular formula is C26H28N4O. The standard InChI is InChI=1S/C26H28N4O/c1-20-24(19-31-23-12-6-3-7-13-23)26-27-25(14-16-30(26)28-20)22-11-8-15-29(18-22)17-21-9-4-2-5-10-21/h2-7,9-10,12-14,16,22H,8,11,15,17-19H2,1H3. The topological polar surface area (TPSA) is 42.7 Å². The van der Waals surface area contributed by atoms with Crippen LogP contribution < -0.4 is 4.74 Å². The van der Waals surface area contributed by atoms with Gasteiger partial charge in [-0.2, -0.15) is 5.10 Å². The summed E-state index contributed by atoms with van der Waals surface area (Å²) in [5, 5.41) is 4.65. The van der Waals surface area contributed by atoms with Gasteiger partial charge >= 0.3 is 0 Å². The molecule has 1 aliphatic heterocycles. The number of ether oxygens (including phenoxy) is 1. The van der Waals surface area contributed by atoms with Gasteiger partial charge in [0.25, 0.3) is 0 Å². The summed E-state index contributed by atoms with van der Waals surface area (Å²) < 4.78 is 7.89. The van der Waals surface area contributed by atoms with Crippen molar-refractivity contribution >= 4 is 5.65 Å². The highest BCUT2D eigenvalue weighted by atomic mass is 16.5. The van der Waals surface area contributed by atoms with Crippen LogP contribution in [0.1, 0.15) is 41.3 Å². The molecule has 5 rings (SSSR count). The summed E-state index contributed by atoms with van der Waals surface area (Å²) in [6, 6.07) is 22.8. The summed E-state index contributed by atoms with van der Waals surface area (Å²) in [5.41, 5.74) is 5.47. The quantitative estimate of drug-likeness (QED) is 0.447. The maximum Gasteiger partial charge on any atom is 0.162 e. The van der Waals surface area contributed by atoms with Crippen LogP contribution in [0.4, 0.5) is 0 Å². The highest BCUT2D eigenvalue weighted by Gasteiger charge is 2.23. The summed E-state index contributed by atoms with van der Waals surface area (Å²) in [5.74, 6) is 1.31. The minimum Gasteiger partial charge on any atom is -0.489 e. The second kappa shape index (κ2) is 8.90. The van der Waals surface area contributed by atoms with Crippen molar-refractivity contribution in [2.75, 3.05) is 13.1 Å². The number of aryl methyl sites for hydroxylation is 1. The number of aromatic nitrogens is 3. The van der Waals surface area contributed by atoms with E-state index in [9.17, 15) is 0 Å². The second-order valence-corrected chi connectivity index (χ2v) is 8.35. The van der Waals surface area contributed by atoms with Crippen molar-refractivity contribution in [1.82, 2.24) is 19.5 Å². The first-order valence-corrected chi connectivity index (χ1v) is 11.0. The normalized spacial score (nSPS) is 17.1. The highest BCUT2D eigenvalue weighted by molar-refractivity contribution is 5.50. The molecule has 0 amide bonds. The van der Waals surface area contributed by atoms with E-state index >= 15 is 0 Å². The molecule has 0 bridgehead atoms. The summed E-state index contributed by atoms with van der Waals surface area (Å²) in [6.45, 7) is 5.69. The summed E-state index contributed by atoms with van der Waals surface area (Å²) in [7, 11) is 0. The van der Waals surface area contributed by atoms with E-state index in [0.717, 1.165) is 48.0 Å². The molecule has 31 heavy (non-hydrogen) atoms.